The monoisotopic (exact) mass is 275 g/mol. The van der Waals surface area contributed by atoms with E-state index in [0.717, 1.165) is 15.9 Å². The minimum atomic E-state index is 0.574. The van der Waals surface area contributed by atoms with Crippen molar-refractivity contribution < 1.29 is 0 Å². The van der Waals surface area contributed by atoms with Gasteiger partial charge in [0.05, 0.1) is 5.69 Å². The smallest absolute Gasteiger partial charge is 0.106 e. The summed E-state index contributed by atoms with van der Waals surface area (Å²) in [7, 11) is 0. The van der Waals surface area contributed by atoms with Gasteiger partial charge in [0.2, 0.25) is 0 Å². The molecule has 0 saturated carbocycles. The Bertz CT molecular complexity index is 474. The van der Waals surface area contributed by atoms with Crippen LogP contribution in [0.3, 0.4) is 0 Å². The molecule has 0 unspecified atom stereocenters. The first kappa shape index (κ1) is 11.3. The highest BCUT2D eigenvalue weighted by Crippen LogP contribution is 2.22. The van der Waals surface area contributed by atoms with Gasteiger partial charge in [-0.25, -0.2) is 4.98 Å². The summed E-state index contributed by atoms with van der Waals surface area (Å²) in [5, 5.41) is 0. The van der Waals surface area contributed by atoms with Crippen LogP contribution >= 0.6 is 15.9 Å². The standard InChI is InChI=1S/C14H14BrN/c1-10(2)11-6-8-12(9-7-11)13-4-3-5-14(15)16-13/h3-10H,1-2H3. The second-order valence-electron chi connectivity index (χ2n) is 4.12. The van der Waals surface area contributed by atoms with Crippen LogP contribution in [-0.4, -0.2) is 4.98 Å². The SMILES string of the molecule is CC(C)c1ccc(-c2cccc(Br)n2)cc1. The summed E-state index contributed by atoms with van der Waals surface area (Å²) in [6.07, 6.45) is 0. The minimum Gasteiger partial charge on any atom is -0.241 e. The van der Waals surface area contributed by atoms with Crippen molar-refractivity contribution in [3.63, 3.8) is 0 Å². The van der Waals surface area contributed by atoms with Crippen molar-refractivity contribution in [3.8, 4) is 11.3 Å². The molecular weight excluding hydrogens is 262 g/mol. The molecule has 0 atom stereocenters. The predicted octanol–water partition coefficient (Wildman–Crippen LogP) is 4.63. The lowest BCUT2D eigenvalue weighted by atomic mass is 10.0. The van der Waals surface area contributed by atoms with Crippen LogP contribution in [0.4, 0.5) is 0 Å². The first-order valence-electron chi connectivity index (χ1n) is 5.39. The van der Waals surface area contributed by atoms with Crippen LogP contribution in [-0.2, 0) is 0 Å². The minimum absolute atomic E-state index is 0.574. The maximum absolute atomic E-state index is 4.43. The van der Waals surface area contributed by atoms with Gasteiger partial charge in [-0.3, -0.25) is 0 Å². The van der Waals surface area contributed by atoms with E-state index in [1.54, 1.807) is 0 Å². The molecule has 1 nitrogen and oxygen atoms in total. The molecule has 2 heteroatoms. The zero-order valence-electron chi connectivity index (χ0n) is 9.44. The Kier molecular flexibility index (Phi) is 3.39. The maximum Gasteiger partial charge on any atom is 0.106 e. The summed E-state index contributed by atoms with van der Waals surface area (Å²) in [6, 6.07) is 14.6. The van der Waals surface area contributed by atoms with E-state index in [0.29, 0.717) is 5.92 Å². The summed E-state index contributed by atoms with van der Waals surface area (Å²) in [5.74, 6) is 0.574. The number of halogens is 1. The van der Waals surface area contributed by atoms with Crippen molar-refractivity contribution in [3.05, 3.63) is 52.6 Å². The number of rotatable bonds is 2. The Labute approximate surface area is 105 Å². The van der Waals surface area contributed by atoms with Gasteiger partial charge >= 0.3 is 0 Å². The molecule has 0 aliphatic heterocycles. The lowest BCUT2D eigenvalue weighted by Crippen LogP contribution is -1.88. The fourth-order valence-corrected chi connectivity index (χ4v) is 1.95. The lowest BCUT2D eigenvalue weighted by molar-refractivity contribution is 0.867. The molecule has 0 amide bonds. The topological polar surface area (TPSA) is 12.9 Å². The molecule has 2 aromatic rings. The summed E-state index contributed by atoms with van der Waals surface area (Å²) in [4.78, 5) is 4.43. The van der Waals surface area contributed by atoms with Crippen LogP contribution in [0.5, 0.6) is 0 Å². The van der Waals surface area contributed by atoms with Crippen molar-refractivity contribution in [2.24, 2.45) is 0 Å². The van der Waals surface area contributed by atoms with Crippen molar-refractivity contribution in [2.45, 2.75) is 19.8 Å². The third-order valence-electron chi connectivity index (χ3n) is 2.59. The molecule has 0 radical (unpaired) electrons. The van der Waals surface area contributed by atoms with Crippen LogP contribution in [0.15, 0.2) is 47.1 Å². The van der Waals surface area contributed by atoms with E-state index in [-0.39, 0.29) is 0 Å². The van der Waals surface area contributed by atoms with Crippen molar-refractivity contribution in [1.82, 2.24) is 4.98 Å². The van der Waals surface area contributed by atoms with Crippen LogP contribution in [0.2, 0.25) is 0 Å². The largest absolute Gasteiger partial charge is 0.241 e. The van der Waals surface area contributed by atoms with Gasteiger partial charge < -0.3 is 0 Å². The second kappa shape index (κ2) is 4.79. The van der Waals surface area contributed by atoms with Crippen molar-refractivity contribution in [2.75, 3.05) is 0 Å². The van der Waals surface area contributed by atoms with E-state index in [2.05, 4.69) is 59.0 Å². The van der Waals surface area contributed by atoms with Gasteiger partial charge in [0, 0.05) is 5.56 Å². The maximum atomic E-state index is 4.43. The molecule has 0 saturated heterocycles. The average molecular weight is 276 g/mol. The highest BCUT2D eigenvalue weighted by atomic mass is 79.9. The number of pyridine rings is 1. The number of benzene rings is 1. The predicted molar refractivity (Wildman–Crippen MR) is 71.5 cm³/mol. The molecular formula is C14H14BrN. The van der Waals surface area contributed by atoms with E-state index in [4.69, 9.17) is 0 Å². The Morgan fingerprint density at radius 2 is 1.69 bits per heavy atom. The number of nitrogens with zero attached hydrogens (tertiary/aromatic N) is 1. The van der Waals surface area contributed by atoms with Gasteiger partial charge in [-0.05, 0) is 39.5 Å². The van der Waals surface area contributed by atoms with Crippen LogP contribution in [0.1, 0.15) is 25.3 Å². The normalized spacial score (nSPS) is 10.8. The first-order chi connectivity index (χ1) is 7.66. The zero-order valence-corrected chi connectivity index (χ0v) is 11.0. The Morgan fingerprint density at radius 3 is 2.25 bits per heavy atom. The molecule has 0 N–H and O–H groups in total. The number of hydrogen-bond acceptors (Lipinski definition) is 1. The number of aromatic nitrogens is 1. The van der Waals surface area contributed by atoms with E-state index in [1.165, 1.54) is 5.56 Å². The molecule has 2 rings (SSSR count). The van der Waals surface area contributed by atoms with E-state index in [1.807, 2.05) is 18.2 Å². The third kappa shape index (κ3) is 2.50. The summed E-state index contributed by atoms with van der Waals surface area (Å²) < 4.78 is 0.873. The molecule has 1 aromatic heterocycles. The molecule has 0 spiro atoms. The molecule has 1 aromatic carbocycles. The molecule has 1 heterocycles. The number of hydrogen-bond donors (Lipinski definition) is 0. The van der Waals surface area contributed by atoms with Gasteiger partial charge in [0.25, 0.3) is 0 Å². The quantitative estimate of drug-likeness (QED) is 0.728. The van der Waals surface area contributed by atoms with Crippen LogP contribution < -0.4 is 0 Å². The molecule has 0 fully saturated rings. The molecule has 0 aliphatic carbocycles. The van der Waals surface area contributed by atoms with Crippen molar-refractivity contribution in [1.29, 1.82) is 0 Å². The van der Waals surface area contributed by atoms with Crippen LogP contribution in [0, 0.1) is 0 Å². The van der Waals surface area contributed by atoms with E-state index in [9.17, 15) is 0 Å². The first-order valence-corrected chi connectivity index (χ1v) is 6.19. The van der Waals surface area contributed by atoms with Crippen LogP contribution in [0.25, 0.3) is 11.3 Å². The molecule has 16 heavy (non-hydrogen) atoms. The Balaban J connectivity index is 2.35. The van der Waals surface area contributed by atoms with E-state index < -0.39 is 0 Å². The zero-order chi connectivity index (χ0) is 11.5. The van der Waals surface area contributed by atoms with Crippen molar-refractivity contribution >= 4 is 15.9 Å². The summed E-state index contributed by atoms with van der Waals surface area (Å²) in [5.41, 5.74) is 3.52. The Hall–Kier alpha value is -1.15. The van der Waals surface area contributed by atoms with Gasteiger partial charge in [-0.1, -0.05) is 44.2 Å². The third-order valence-corrected chi connectivity index (χ3v) is 3.03. The van der Waals surface area contributed by atoms with Gasteiger partial charge in [0.15, 0.2) is 0 Å². The molecule has 0 bridgehead atoms. The average Bonchev–Trinajstić information content (AvgIpc) is 2.29. The van der Waals surface area contributed by atoms with Gasteiger partial charge in [-0.2, -0.15) is 0 Å². The lowest BCUT2D eigenvalue weighted by Gasteiger charge is -2.06. The fraction of sp³-hybridized carbons (Fsp3) is 0.214. The molecule has 82 valence electrons. The summed E-state index contributed by atoms with van der Waals surface area (Å²) >= 11 is 3.39. The highest BCUT2D eigenvalue weighted by molar-refractivity contribution is 9.10. The van der Waals surface area contributed by atoms with Gasteiger partial charge in [-0.15, -0.1) is 0 Å². The highest BCUT2D eigenvalue weighted by Gasteiger charge is 2.02. The second-order valence-corrected chi connectivity index (χ2v) is 4.93. The molecule has 0 aliphatic rings. The van der Waals surface area contributed by atoms with E-state index >= 15 is 0 Å². The fourth-order valence-electron chi connectivity index (χ4n) is 1.61. The van der Waals surface area contributed by atoms with Gasteiger partial charge in [0.1, 0.15) is 4.60 Å². The summed E-state index contributed by atoms with van der Waals surface area (Å²) in [6.45, 7) is 4.40. The Morgan fingerprint density at radius 1 is 1.00 bits per heavy atom.